The molecule has 1 saturated heterocycles. The van der Waals surface area contributed by atoms with Gasteiger partial charge in [0, 0.05) is 18.7 Å². The summed E-state index contributed by atoms with van der Waals surface area (Å²) >= 11 is 0. The molecule has 0 radical (unpaired) electrons. The van der Waals surface area contributed by atoms with E-state index in [4.69, 9.17) is 4.74 Å². The van der Waals surface area contributed by atoms with Crippen LogP contribution >= 0.6 is 12.4 Å². The second-order valence-electron chi connectivity index (χ2n) is 5.11. The van der Waals surface area contributed by atoms with E-state index in [0.29, 0.717) is 26.1 Å². The summed E-state index contributed by atoms with van der Waals surface area (Å²) in [6.45, 7) is 5.46. The molecular weight excluding hydrogens is 292 g/mol. The van der Waals surface area contributed by atoms with Crippen LogP contribution < -0.4 is 15.4 Å². The van der Waals surface area contributed by atoms with Gasteiger partial charge in [-0.1, -0.05) is 12.1 Å². The second kappa shape index (κ2) is 8.22. The Hall–Kier alpha value is -1.30. The summed E-state index contributed by atoms with van der Waals surface area (Å²) in [5, 5.41) is 15.3. The van der Waals surface area contributed by atoms with Crippen LogP contribution in [-0.4, -0.2) is 36.3 Å². The number of ether oxygens (including phenoxy) is 1. The summed E-state index contributed by atoms with van der Waals surface area (Å²) in [7, 11) is 0. The Bertz CT molecular complexity index is 482. The fourth-order valence-electron chi connectivity index (χ4n) is 2.32. The van der Waals surface area contributed by atoms with Gasteiger partial charge in [-0.2, -0.15) is 0 Å². The van der Waals surface area contributed by atoms with Crippen molar-refractivity contribution in [1.82, 2.24) is 10.6 Å². The van der Waals surface area contributed by atoms with Gasteiger partial charge >= 0.3 is 0 Å². The van der Waals surface area contributed by atoms with E-state index in [1.54, 1.807) is 0 Å². The second-order valence-corrected chi connectivity index (χ2v) is 5.11. The van der Waals surface area contributed by atoms with Crippen LogP contribution in [0.15, 0.2) is 18.2 Å². The van der Waals surface area contributed by atoms with E-state index < -0.39 is 6.10 Å². The molecule has 6 heteroatoms. The molecule has 1 aliphatic rings. The highest BCUT2D eigenvalue weighted by molar-refractivity contribution is 5.85. The average Bonchev–Trinajstić information content (AvgIpc) is 2.85. The molecule has 0 aromatic heterocycles. The number of aliphatic hydroxyl groups is 1. The Morgan fingerprint density at radius 3 is 2.90 bits per heavy atom. The highest BCUT2D eigenvalue weighted by Gasteiger charge is 2.27. The molecule has 21 heavy (non-hydrogen) atoms. The van der Waals surface area contributed by atoms with E-state index in [2.05, 4.69) is 10.6 Å². The predicted molar refractivity (Wildman–Crippen MR) is 83.9 cm³/mol. The maximum Gasteiger partial charge on any atom is 0.237 e. The number of carbonyl (C=O) groups excluding carboxylic acids is 1. The summed E-state index contributed by atoms with van der Waals surface area (Å²) in [6, 6.07) is 5.65. The van der Waals surface area contributed by atoms with Gasteiger partial charge in [0.15, 0.2) is 0 Å². The monoisotopic (exact) mass is 314 g/mol. The van der Waals surface area contributed by atoms with Crippen LogP contribution in [0.2, 0.25) is 0 Å². The van der Waals surface area contributed by atoms with Gasteiger partial charge in [0.05, 0.1) is 18.8 Å². The zero-order valence-corrected chi connectivity index (χ0v) is 13.2. The van der Waals surface area contributed by atoms with E-state index in [9.17, 15) is 9.90 Å². The Morgan fingerprint density at radius 1 is 1.52 bits per heavy atom. The Labute approximate surface area is 131 Å². The number of carbonyl (C=O) groups is 1. The van der Waals surface area contributed by atoms with Gasteiger partial charge in [-0.05, 0) is 31.9 Å². The Balaban J connectivity index is 0.00000220. The molecule has 0 saturated carbocycles. The summed E-state index contributed by atoms with van der Waals surface area (Å²) in [4.78, 5) is 12.0. The molecule has 2 rings (SSSR count). The molecule has 1 aliphatic heterocycles. The Morgan fingerprint density at radius 2 is 2.29 bits per heavy atom. The summed E-state index contributed by atoms with van der Waals surface area (Å²) in [5.41, 5.74) is 2.09. The van der Waals surface area contributed by atoms with Crippen LogP contribution in [0, 0.1) is 6.92 Å². The molecule has 1 aromatic rings. The lowest BCUT2D eigenvalue weighted by Crippen LogP contribution is -2.40. The SMILES string of the molecule is CCOc1cc(C)ccc1CNC(=O)C1CC(O)CN1.Cl. The molecule has 2 unspecified atom stereocenters. The number of halogens is 1. The van der Waals surface area contributed by atoms with Crippen molar-refractivity contribution in [2.24, 2.45) is 0 Å². The van der Waals surface area contributed by atoms with E-state index >= 15 is 0 Å². The first kappa shape index (κ1) is 17.8. The largest absolute Gasteiger partial charge is 0.494 e. The number of hydrogen-bond donors (Lipinski definition) is 3. The lowest BCUT2D eigenvalue weighted by atomic mass is 10.1. The summed E-state index contributed by atoms with van der Waals surface area (Å²) in [6.07, 6.45) is 0.0435. The van der Waals surface area contributed by atoms with Crippen molar-refractivity contribution in [3.63, 3.8) is 0 Å². The zero-order valence-electron chi connectivity index (χ0n) is 12.4. The molecule has 2 atom stereocenters. The van der Waals surface area contributed by atoms with Gasteiger partial charge < -0.3 is 20.5 Å². The van der Waals surface area contributed by atoms with Gasteiger partial charge in [0.25, 0.3) is 0 Å². The predicted octanol–water partition coefficient (Wildman–Crippen LogP) is 1.15. The molecular formula is C15H23ClN2O3. The molecule has 1 fully saturated rings. The zero-order chi connectivity index (χ0) is 14.5. The first-order valence-corrected chi connectivity index (χ1v) is 7.01. The maximum absolute atomic E-state index is 12.0. The number of aliphatic hydroxyl groups excluding tert-OH is 1. The minimum absolute atomic E-state index is 0. The standard InChI is InChI=1S/C15H22N2O3.ClH/c1-3-20-14-6-10(2)4-5-11(14)8-17-15(19)13-7-12(18)9-16-13;/h4-6,12-13,16,18H,3,7-9H2,1-2H3,(H,17,19);1H. The van der Waals surface area contributed by atoms with Crippen molar-refractivity contribution < 1.29 is 14.6 Å². The fraction of sp³-hybridized carbons (Fsp3) is 0.533. The Kier molecular flexibility index (Phi) is 6.95. The maximum atomic E-state index is 12.0. The van der Waals surface area contributed by atoms with Crippen LogP contribution in [0.3, 0.4) is 0 Å². The van der Waals surface area contributed by atoms with Crippen LogP contribution in [0.1, 0.15) is 24.5 Å². The van der Waals surface area contributed by atoms with E-state index in [1.807, 2.05) is 32.0 Å². The third-order valence-corrected chi connectivity index (χ3v) is 3.40. The van der Waals surface area contributed by atoms with Crippen molar-refractivity contribution in [3.05, 3.63) is 29.3 Å². The lowest BCUT2D eigenvalue weighted by Gasteiger charge is -2.14. The van der Waals surface area contributed by atoms with Gasteiger partial charge in [0.1, 0.15) is 5.75 Å². The summed E-state index contributed by atoms with van der Waals surface area (Å²) < 4.78 is 5.59. The van der Waals surface area contributed by atoms with Gasteiger partial charge in [-0.25, -0.2) is 0 Å². The van der Waals surface area contributed by atoms with Gasteiger partial charge in [-0.15, -0.1) is 12.4 Å². The molecule has 5 nitrogen and oxygen atoms in total. The van der Waals surface area contributed by atoms with Crippen LogP contribution in [0.4, 0.5) is 0 Å². The van der Waals surface area contributed by atoms with Crippen molar-refractivity contribution in [2.75, 3.05) is 13.2 Å². The highest BCUT2D eigenvalue weighted by Crippen LogP contribution is 2.20. The number of amides is 1. The molecule has 1 aromatic carbocycles. The number of benzene rings is 1. The lowest BCUT2D eigenvalue weighted by molar-refractivity contribution is -0.123. The van der Waals surface area contributed by atoms with Crippen LogP contribution in [0.5, 0.6) is 5.75 Å². The molecule has 3 N–H and O–H groups in total. The molecule has 1 amide bonds. The number of β-amino-alcohol motifs (C(OH)–C–C–N with tert-alkyl or cyclic N) is 1. The molecule has 118 valence electrons. The minimum Gasteiger partial charge on any atom is -0.494 e. The third kappa shape index (κ3) is 4.88. The molecule has 0 bridgehead atoms. The molecule has 0 aliphatic carbocycles. The van der Waals surface area contributed by atoms with Crippen molar-refractivity contribution in [3.8, 4) is 5.75 Å². The topological polar surface area (TPSA) is 70.6 Å². The summed E-state index contributed by atoms with van der Waals surface area (Å²) in [5.74, 6) is 0.733. The average molecular weight is 315 g/mol. The van der Waals surface area contributed by atoms with E-state index in [0.717, 1.165) is 16.9 Å². The van der Waals surface area contributed by atoms with Crippen molar-refractivity contribution >= 4 is 18.3 Å². The molecule has 0 spiro atoms. The van der Waals surface area contributed by atoms with Gasteiger partial charge in [0.2, 0.25) is 5.91 Å². The first-order chi connectivity index (χ1) is 9.60. The van der Waals surface area contributed by atoms with Crippen molar-refractivity contribution in [2.45, 2.75) is 39.0 Å². The normalized spacial score (nSPS) is 20.7. The first-order valence-electron chi connectivity index (χ1n) is 7.01. The van der Waals surface area contributed by atoms with E-state index in [-0.39, 0.29) is 24.4 Å². The fourth-order valence-corrected chi connectivity index (χ4v) is 2.32. The number of nitrogens with one attached hydrogen (secondary N) is 2. The third-order valence-electron chi connectivity index (χ3n) is 3.40. The smallest absolute Gasteiger partial charge is 0.237 e. The molecule has 1 heterocycles. The minimum atomic E-state index is -0.427. The number of hydrogen-bond acceptors (Lipinski definition) is 4. The van der Waals surface area contributed by atoms with Crippen molar-refractivity contribution in [1.29, 1.82) is 0 Å². The highest BCUT2D eigenvalue weighted by atomic mass is 35.5. The van der Waals surface area contributed by atoms with Crippen LogP contribution in [-0.2, 0) is 11.3 Å². The quantitative estimate of drug-likeness (QED) is 0.762. The van der Waals surface area contributed by atoms with E-state index in [1.165, 1.54) is 0 Å². The number of aryl methyl sites for hydroxylation is 1. The number of rotatable bonds is 5. The van der Waals surface area contributed by atoms with Gasteiger partial charge in [-0.3, -0.25) is 4.79 Å². The van der Waals surface area contributed by atoms with Crippen LogP contribution in [0.25, 0.3) is 0 Å².